The molecule has 2 aromatic carbocycles. The summed E-state index contributed by atoms with van der Waals surface area (Å²) < 4.78 is 0. The van der Waals surface area contributed by atoms with Gasteiger partial charge in [0.05, 0.1) is 0 Å². The monoisotopic (exact) mass is 394 g/mol. The van der Waals surface area contributed by atoms with E-state index in [1.165, 1.54) is 16.7 Å². The first-order chi connectivity index (χ1) is 12.1. The predicted molar refractivity (Wildman–Crippen MR) is 117 cm³/mol. The minimum absolute atomic E-state index is 0. The van der Waals surface area contributed by atoms with Gasteiger partial charge in [-0.2, -0.15) is 0 Å². The minimum atomic E-state index is -0.701. The van der Waals surface area contributed by atoms with Crippen molar-refractivity contribution < 1.29 is 21.7 Å². The quantitative estimate of drug-likeness (QED) is 0.388. The van der Waals surface area contributed by atoms with Gasteiger partial charge in [0.15, 0.2) is 0 Å². The van der Waals surface area contributed by atoms with Crippen molar-refractivity contribution in [3.8, 4) is 11.1 Å². The van der Waals surface area contributed by atoms with E-state index in [9.17, 15) is 0 Å². The molecule has 0 N–H and O–H groups in total. The van der Waals surface area contributed by atoms with E-state index in [-0.39, 0.29) is 21.7 Å². The van der Waals surface area contributed by atoms with Gasteiger partial charge in [-0.15, -0.1) is 0 Å². The number of hydrogen-bond donors (Lipinski definition) is 0. The van der Waals surface area contributed by atoms with Gasteiger partial charge < -0.3 is 0 Å². The van der Waals surface area contributed by atoms with Crippen molar-refractivity contribution in [1.82, 2.24) is 0 Å². The molecular formula is C24H30SiTi. The standard InChI is InChI=1S/C18H20Si.C6H10.Ti/c1-13-12-17-15(14-8-5-4-6-9-14)10-7-11-16(17)18(13)19(2)3;1-3-5-6-4-2;/h4-12,18-19H,1-3H3;3-6H,1-2H3;. The molecule has 1 unspecified atom stereocenters. The van der Waals surface area contributed by atoms with Gasteiger partial charge in [0.1, 0.15) is 0 Å². The Hall–Kier alpha value is -1.41. The molecule has 0 saturated carbocycles. The fourth-order valence-corrected chi connectivity index (χ4v) is 5.71. The zero-order valence-corrected chi connectivity index (χ0v) is 19.4. The second kappa shape index (κ2) is 11.3. The maximum Gasteiger partial charge on any atom is 0.0439 e. The van der Waals surface area contributed by atoms with E-state index in [1.807, 2.05) is 38.2 Å². The summed E-state index contributed by atoms with van der Waals surface area (Å²) in [6.45, 7) is 11.2. The normalized spacial score (nSPS) is 15.5. The summed E-state index contributed by atoms with van der Waals surface area (Å²) in [4.78, 5) is 0. The molecule has 0 fully saturated rings. The fraction of sp³-hybridized carbons (Fsp3) is 0.250. The van der Waals surface area contributed by atoms with E-state index < -0.39 is 8.80 Å². The van der Waals surface area contributed by atoms with Gasteiger partial charge in [0, 0.05) is 30.5 Å². The van der Waals surface area contributed by atoms with Gasteiger partial charge in [-0.1, -0.05) is 97.6 Å². The molecule has 1 aliphatic rings. The van der Waals surface area contributed by atoms with Gasteiger partial charge in [0.2, 0.25) is 0 Å². The van der Waals surface area contributed by atoms with Gasteiger partial charge >= 0.3 is 0 Å². The maximum absolute atomic E-state index is 2.45. The second-order valence-corrected chi connectivity index (χ2v) is 9.99. The summed E-state index contributed by atoms with van der Waals surface area (Å²) in [5, 5.41) is 0. The van der Waals surface area contributed by atoms with Crippen molar-refractivity contribution in [2.75, 3.05) is 0 Å². The fourth-order valence-electron chi connectivity index (χ4n) is 3.55. The molecule has 0 nitrogen and oxygen atoms in total. The molecule has 0 aliphatic heterocycles. The van der Waals surface area contributed by atoms with E-state index in [1.54, 1.807) is 11.1 Å². The molecule has 2 heteroatoms. The van der Waals surface area contributed by atoms with Crippen LogP contribution in [0, 0.1) is 0 Å². The average Bonchev–Trinajstić information content (AvgIpc) is 2.97. The molecule has 134 valence electrons. The van der Waals surface area contributed by atoms with E-state index in [2.05, 4.69) is 74.6 Å². The Morgan fingerprint density at radius 2 is 1.46 bits per heavy atom. The molecule has 0 spiro atoms. The first-order valence-corrected chi connectivity index (χ1v) is 12.2. The molecule has 0 heterocycles. The molecule has 0 saturated heterocycles. The molecule has 26 heavy (non-hydrogen) atoms. The van der Waals surface area contributed by atoms with Gasteiger partial charge in [0.25, 0.3) is 0 Å². The van der Waals surface area contributed by atoms with Crippen molar-refractivity contribution in [3.63, 3.8) is 0 Å². The van der Waals surface area contributed by atoms with Crippen molar-refractivity contribution in [1.29, 1.82) is 0 Å². The van der Waals surface area contributed by atoms with Crippen molar-refractivity contribution in [3.05, 3.63) is 89.5 Å². The number of hydrogen-bond acceptors (Lipinski definition) is 0. The Morgan fingerprint density at radius 1 is 0.846 bits per heavy atom. The Labute approximate surface area is 176 Å². The number of fused-ring (bicyclic) bond motifs is 1. The summed E-state index contributed by atoms with van der Waals surface area (Å²) in [5.74, 6) is 0. The summed E-state index contributed by atoms with van der Waals surface area (Å²) >= 11 is 0. The molecule has 1 atom stereocenters. The molecule has 3 rings (SSSR count). The topological polar surface area (TPSA) is 0 Å². The molecule has 0 amide bonds. The van der Waals surface area contributed by atoms with E-state index in [0.29, 0.717) is 0 Å². The summed E-state index contributed by atoms with van der Waals surface area (Å²) in [5.41, 5.74) is 8.00. The van der Waals surface area contributed by atoms with Crippen molar-refractivity contribution in [2.24, 2.45) is 0 Å². The first-order valence-electron chi connectivity index (χ1n) is 9.20. The number of rotatable bonds is 3. The Morgan fingerprint density at radius 3 is 2.00 bits per heavy atom. The number of allylic oxidation sites excluding steroid dienone is 5. The molecule has 2 aromatic rings. The van der Waals surface area contributed by atoms with Crippen LogP contribution in [0.1, 0.15) is 37.4 Å². The van der Waals surface area contributed by atoms with Gasteiger partial charge in [-0.3, -0.25) is 0 Å². The smallest absolute Gasteiger partial charge is 0.0439 e. The van der Waals surface area contributed by atoms with Crippen LogP contribution in [0.4, 0.5) is 0 Å². The van der Waals surface area contributed by atoms with Crippen molar-refractivity contribution >= 4 is 14.9 Å². The Bertz CT molecular complexity index is 760. The van der Waals surface area contributed by atoms with Crippen LogP contribution < -0.4 is 0 Å². The van der Waals surface area contributed by atoms with E-state index in [4.69, 9.17) is 0 Å². The molecule has 0 bridgehead atoms. The molecule has 0 aromatic heterocycles. The minimum Gasteiger partial charge on any atom is -0.0877 e. The van der Waals surface area contributed by atoms with Crippen LogP contribution >= 0.6 is 0 Å². The van der Waals surface area contributed by atoms with E-state index >= 15 is 0 Å². The van der Waals surface area contributed by atoms with Gasteiger partial charge in [-0.25, -0.2) is 0 Å². The zero-order chi connectivity index (χ0) is 18.2. The molecular weight excluding hydrogens is 364 g/mol. The largest absolute Gasteiger partial charge is 0.0877 e. The van der Waals surface area contributed by atoms with Crippen LogP contribution in [-0.2, 0) is 21.7 Å². The van der Waals surface area contributed by atoms with Crippen molar-refractivity contribution in [2.45, 2.75) is 39.4 Å². The Kier molecular flexibility index (Phi) is 9.87. The third-order valence-corrected chi connectivity index (χ3v) is 6.80. The number of benzene rings is 2. The van der Waals surface area contributed by atoms with Crippen LogP contribution in [0.25, 0.3) is 17.2 Å². The van der Waals surface area contributed by atoms with Crippen LogP contribution in [0.15, 0.2) is 78.4 Å². The maximum atomic E-state index is 2.45. The van der Waals surface area contributed by atoms with Gasteiger partial charge in [-0.05, 0) is 48.6 Å². The summed E-state index contributed by atoms with van der Waals surface area (Å²) in [6, 6.07) is 17.5. The third kappa shape index (κ3) is 5.54. The second-order valence-electron chi connectivity index (χ2n) is 6.84. The van der Waals surface area contributed by atoms with E-state index in [0.717, 1.165) is 5.54 Å². The summed E-state index contributed by atoms with van der Waals surface area (Å²) in [7, 11) is -0.701. The predicted octanol–water partition coefficient (Wildman–Crippen LogP) is 7.02. The zero-order valence-electron chi connectivity index (χ0n) is 16.7. The van der Waals surface area contributed by atoms with Crippen LogP contribution in [-0.4, -0.2) is 8.80 Å². The summed E-state index contributed by atoms with van der Waals surface area (Å²) in [6.07, 6.45) is 10.4. The Balaban J connectivity index is 0.000000422. The first kappa shape index (κ1) is 22.6. The van der Waals surface area contributed by atoms with Crippen LogP contribution in [0.2, 0.25) is 13.1 Å². The molecule has 1 aliphatic carbocycles. The SMILES string of the molecule is CC1=Cc2c(-c3ccccc3)cccc2C1[SiH](C)C.CC=CC=CC.[Ti]. The average molecular weight is 394 g/mol. The molecule has 0 radical (unpaired) electrons. The van der Waals surface area contributed by atoms with Crippen LogP contribution in [0.3, 0.4) is 0 Å². The van der Waals surface area contributed by atoms with Crippen LogP contribution in [0.5, 0.6) is 0 Å². The third-order valence-electron chi connectivity index (χ3n) is 4.58.